The lowest BCUT2D eigenvalue weighted by Gasteiger charge is -2.25. The summed E-state index contributed by atoms with van der Waals surface area (Å²) in [5.74, 6) is 0.247. The highest BCUT2D eigenvalue weighted by Crippen LogP contribution is 2.49. The second-order valence-electron chi connectivity index (χ2n) is 4.86. The fourth-order valence-electron chi connectivity index (χ4n) is 2.72. The lowest BCUT2D eigenvalue weighted by atomic mass is 9.81. The van der Waals surface area contributed by atoms with Crippen molar-refractivity contribution in [1.29, 1.82) is 0 Å². The molecular weight excluding hydrogens is 224 g/mol. The molecule has 0 bridgehead atoms. The van der Waals surface area contributed by atoms with Crippen LogP contribution in [0.4, 0.5) is 0 Å². The van der Waals surface area contributed by atoms with E-state index in [0.29, 0.717) is 12.5 Å². The predicted molar refractivity (Wildman–Crippen MR) is 75.2 cm³/mol. The fourth-order valence-corrected chi connectivity index (χ4v) is 2.72. The third kappa shape index (κ3) is 2.92. The second kappa shape index (κ2) is 6.58. The molecule has 1 aliphatic rings. The van der Waals surface area contributed by atoms with Crippen molar-refractivity contribution in [3.63, 3.8) is 0 Å². The highest BCUT2D eigenvalue weighted by Gasteiger charge is 2.46. The lowest BCUT2D eigenvalue weighted by Crippen LogP contribution is -2.30. The minimum Gasteiger partial charge on any atom is -0.466 e. The van der Waals surface area contributed by atoms with Gasteiger partial charge in [-0.05, 0) is 46.0 Å². The molecule has 0 saturated heterocycles. The molecule has 18 heavy (non-hydrogen) atoms. The van der Waals surface area contributed by atoms with Crippen molar-refractivity contribution in [2.24, 2.45) is 11.3 Å². The molecule has 0 spiro atoms. The van der Waals surface area contributed by atoms with Gasteiger partial charge in [0.25, 0.3) is 0 Å². The molecule has 0 N–H and O–H groups in total. The molecule has 1 unspecified atom stereocenters. The molecule has 1 aliphatic carbocycles. The normalized spacial score (nSPS) is 29.9. The van der Waals surface area contributed by atoms with Crippen LogP contribution in [0.15, 0.2) is 36.5 Å². The van der Waals surface area contributed by atoms with Gasteiger partial charge in [-0.15, -0.1) is 6.58 Å². The van der Waals surface area contributed by atoms with Crippen molar-refractivity contribution in [3.05, 3.63) is 36.5 Å². The van der Waals surface area contributed by atoms with E-state index in [0.717, 1.165) is 19.3 Å². The molecule has 0 aromatic carbocycles. The maximum absolute atomic E-state index is 12.3. The molecule has 0 aromatic rings. The molecular formula is C16H24O2. The van der Waals surface area contributed by atoms with E-state index in [1.54, 1.807) is 0 Å². The SMILES string of the molecule is C=CC1C[C@@](C/C=C/C)(C(=O)OCC)C/C1=C\C. The first-order valence-corrected chi connectivity index (χ1v) is 6.69. The average Bonchev–Trinajstić information content (AvgIpc) is 2.76. The summed E-state index contributed by atoms with van der Waals surface area (Å²) in [5.41, 5.74) is 0.922. The largest absolute Gasteiger partial charge is 0.466 e. The number of esters is 1. The van der Waals surface area contributed by atoms with Crippen LogP contribution < -0.4 is 0 Å². The van der Waals surface area contributed by atoms with E-state index in [1.807, 2.05) is 32.9 Å². The van der Waals surface area contributed by atoms with Gasteiger partial charge in [0, 0.05) is 0 Å². The van der Waals surface area contributed by atoms with Crippen molar-refractivity contribution in [2.45, 2.75) is 40.0 Å². The van der Waals surface area contributed by atoms with Gasteiger partial charge in [-0.25, -0.2) is 0 Å². The Morgan fingerprint density at radius 1 is 1.56 bits per heavy atom. The van der Waals surface area contributed by atoms with Gasteiger partial charge in [-0.1, -0.05) is 29.9 Å². The van der Waals surface area contributed by atoms with Crippen molar-refractivity contribution in [3.8, 4) is 0 Å². The zero-order valence-electron chi connectivity index (χ0n) is 11.7. The van der Waals surface area contributed by atoms with Crippen LogP contribution in [0, 0.1) is 11.3 Å². The van der Waals surface area contributed by atoms with E-state index in [-0.39, 0.29) is 11.4 Å². The Bertz CT molecular complexity index is 365. The van der Waals surface area contributed by atoms with Crippen LogP contribution in [-0.4, -0.2) is 12.6 Å². The quantitative estimate of drug-likeness (QED) is 0.542. The van der Waals surface area contributed by atoms with Crippen LogP contribution in [0.1, 0.15) is 40.0 Å². The number of rotatable bonds is 5. The molecule has 0 heterocycles. The van der Waals surface area contributed by atoms with E-state index in [2.05, 4.69) is 18.7 Å². The summed E-state index contributed by atoms with van der Waals surface area (Å²) in [5, 5.41) is 0. The summed E-state index contributed by atoms with van der Waals surface area (Å²) >= 11 is 0. The number of carbonyl (C=O) groups is 1. The van der Waals surface area contributed by atoms with Crippen LogP contribution in [0.3, 0.4) is 0 Å². The number of hydrogen-bond acceptors (Lipinski definition) is 2. The summed E-state index contributed by atoms with van der Waals surface area (Å²) in [4.78, 5) is 12.3. The minimum absolute atomic E-state index is 0.0631. The summed E-state index contributed by atoms with van der Waals surface area (Å²) in [6, 6.07) is 0. The first-order chi connectivity index (χ1) is 8.63. The fraction of sp³-hybridized carbons (Fsp3) is 0.562. The van der Waals surface area contributed by atoms with Gasteiger partial charge < -0.3 is 4.74 Å². The summed E-state index contributed by atoms with van der Waals surface area (Å²) < 4.78 is 5.28. The molecule has 1 saturated carbocycles. The Morgan fingerprint density at radius 2 is 2.28 bits per heavy atom. The zero-order chi connectivity index (χ0) is 13.6. The van der Waals surface area contributed by atoms with Gasteiger partial charge in [0.2, 0.25) is 0 Å². The molecule has 100 valence electrons. The first-order valence-electron chi connectivity index (χ1n) is 6.69. The first kappa shape index (κ1) is 14.7. The zero-order valence-corrected chi connectivity index (χ0v) is 11.7. The van der Waals surface area contributed by atoms with Gasteiger partial charge in [0.15, 0.2) is 0 Å². The molecule has 0 radical (unpaired) electrons. The lowest BCUT2D eigenvalue weighted by molar-refractivity contribution is -0.155. The highest BCUT2D eigenvalue weighted by molar-refractivity contribution is 5.78. The Morgan fingerprint density at radius 3 is 2.72 bits per heavy atom. The van der Waals surface area contributed by atoms with E-state index in [4.69, 9.17) is 4.74 Å². The monoisotopic (exact) mass is 248 g/mol. The van der Waals surface area contributed by atoms with Crippen LogP contribution in [0.25, 0.3) is 0 Å². The molecule has 2 atom stereocenters. The third-order valence-corrected chi connectivity index (χ3v) is 3.74. The maximum Gasteiger partial charge on any atom is 0.312 e. The van der Waals surface area contributed by atoms with Crippen LogP contribution in [-0.2, 0) is 9.53 Å². The Hall–Kier alpha value is -1.31. The Kier molecular flexibility index (Phi) is 5.39. The van der Waals surface area contributed by atoms with E-state index in [1.165, 1.54) is 5.57 Å². The van der Waals surface area contributed by atoms with Gasteiger partial charge in [-0.2, -0.15) is 0 Å². The van der Waals surface area contributed by atoms with E-state index >= 15 is 0 Å². The van der Waals surface area contributed by atoms with Crippen LogP contribution in [0.2, 0.25) is 0 Å². The van der Waals surface area contributed by atoms with Crippen molar-refractivity contribution in [2.75, 3.05) is 6.61 Å². The van der Waals surface area contributed by atoms with Gasteiger partial charge in [0.1, 0.15) is 0 Å². The highest BCUT2D eigenvalue weighted by atomic mass is 16.5. The maximum atomic E-state index is 12.3. The second-order valence-corrected chi connectivity index (χ2v) is 4.86. The number of carbonyl (C=O) groups excluding carboxylic acids is 1. The number of hydrogen-bond donors (Lipinski definition) is 0. The van der Waals surface area contributed by atoms with Crippen LogP contribution >= 0.6 is 0 Å². The molecule has 2 nitrogen and oxygen atoms in total. The van der Waals surface area contributed by atoms with Gasteiger partial charge in [0.05, 0.1) is 12.0 Å². The molecule has 0 aliphatic heterocycles. The van der Waals surface area contributed by atoms with Crippen molar-refractivity contribution in [1.82, 2.24) is 0 Å². The minimum atomic E-state index is -0.386. The van der Waals surface area contributed by atoms with E-state index < -0.39 is 0 Å². The van der Waals surface area contributed by atoms with E-state index in [9.17, 15) is 4.79 Å². The predicted octanol–water partition coefficient (Wildman–Crippen LogP) is 4.04. The van der Waals surface area contributed by atoms with Crippen LogP contribution in [0.5, 0.6) is 0 Å². The number of ether oxygens (including phenoxy) is 1. The van der Waals surface area contributed by atoms with Crippen molar-refractivity contribution >= 4 is 5.97 Å². The summed E-state index contributed by atoms with van der Waals surface area (Å²) in [6.45, 7) is 10.2. The molecule has 0 aromatic heterocycles. The number of allylic oxidation sites excluding steroid dienone is 5. The van der Waals surface area contributed by atoms with Crippen molar-refractivity contribution < 1.29 is 9.53 Å². The topological polar surface area (TPSA) is 26.3 Å². The Labute approximate surface area is 110 Å². The standard InChI is InChI=1S/C16H24O2/c1-5-9-10-16(15(17)18-8-4)11-13(6-2)14(7-3)12-16/h5-7,9,13H,2,8,10-12H2,1,3-4H3/b9-5+,14-7+/t13?,16-/m1/s1. The smallest absolute Gasteiger partial charge is 0.312 e. The van der Waals surface area contributed by atoms with Gasteiger partial charge in [-0.3, -0.25) is 4.79 Å². The third-order valence-electron chi connectivity index (χ3n) is 3.74. The molecule has 1 rings (SSSR count). The molecule has 0 amide bonds. The molecule has 2 heteroatoms. The Balaban J connectivity index is 3.00. The van der Waals surface area contributed by atoms with Gasteiger partial charge >= 0.3 is 5.97 Å². The average molecular weight is 248 g/mol. The summed E-state index contributed by atoms with van der Waals surface area (Å²) in [7, 11) is 0. The summed E-state index contributed by atoms with van der Waals surface area (Å²) in [6.07, 6.45) is 10.5. The molecule has 1 fully saturated rings.